The van der Waals surface area contributed by atoms with E-state index >= 15 is 0 Å². The van der Waals surface area contributed by atoms with Gasteiger partial charge in [0.05, 0.1) is 17.0 Å². The Balaban J connectivity index is 2.05. The molecule has 0 radical (unpaired) electrons. The van der Waals surface area contributed by atoms with Gasteiger partial charge in [-0.15, -0.1) is 0 Å². The second-order valence-electron chi connectivity index (χ2n) is 5.91. The van der Waals surface area contributed by atoms with Crippen LogP contribution in [0.3, 0.4) is 0 Å². The van der Waals surface area contributed by atoms with E-state index in [4.69, 9.17) is 11.6 Å². The summed E-state index contributed by atoms with van der Waals surface area (Å²) in [5, 5.41) is 4.20. The van der Waals surface area contributed by atoms with Crippen molar-refractivity contribution in [2.75, 3.05) is 13.1 Å². The van der Waals surface area contributed by atoms with Gasteiger partial charge < -0.3 is 9.88 Å². The van der Waals surface area contributed by atoms with Gasteiger partial charge >= 0.3 is 0 Å². The van der Waals surface area contributed by atoms with Crippen molar-refractivity contribution >= 4 is 11.6 Å². The van der Waals surface area contributed by atoms with E-state index in [-0.39, 0.29) is 5.41 Å². The summed E-state index contributed by atoms with van der Waals surface area (Å²) in [6.07, 6.45) is 6.12. The molecule has 1 aromatic heterocycles. The van der Waals surface area contributed by atoms with Crippen molar-refractivity contribution in [2.45, 2.75) is 32.1 Å². The molecule has 1 aliphatic heterocycles. The molecule has 1 saturated heterocycles. The lowest BCUT2D eigenvalue weighted by Gasteiger charge is -2.34. The first-order valence-electron chi connectivity index (χ1n) is 7.10. The second kappa shape index (κ2) is 5.23. The minimum absolute atomic E-state index is 0.163. The quantitative estimate of drug-likeness (QED) is 0.917. The number of halogens is 1. The zero-order valence-electron chi connectivity index (χ0n) is 12.0. The molecule has 1 aromatic carbocycles. The number of hydrogen-bond acceptors (Lipinski definition) is 2. The zero-order valence-corrected chi connectivity index (χ0v) is 12.7. The molecule has 20 heavy (non-hydrogen) atoms. The molecular weight excluding hydrogens is 270 g/mol. The smallest absolute Gasteiger partial charge is 0.0994 e. The van der Waals surface area contributed by atoms with Crippen molar-refractivity contribution in [2.24, 2.45) is 0 Å². The molecule has 0 spiro atoms. The molecule has 2 heterocycles. The Morgan fingerprint density at radius 2 is 2.05 bits per heavy atom. The molecule has 3 rings (SSSR count). The zero-order chi connectivity index (χ0) is 14.2. The van der Waals surface area contributed by atoms with Crippen LogP contribution in [-0.4, -0.2) is 22.6 Å². The molecule has 1 fully saturated rings. The third-order valence-electron chi connectivity index (χ3n) is 4.33. The van der Waals surface area contributed by atoms with Gasteiger partial charge in [-0.2, -0.15) is 0 Å². The highest BCUT2D eigenvalue weighted by Crippen LogP contribution is 2.35. The van der Waals surface area contributed by atoms with Crippen molar-refractivity contribution in [3.05, 3.63) is 47.0 Å². The summed E-state index contributed by atoms with van der Waals surface area (Å²) < 4.78 is 2.15. The number of piperidine rings is 1. The van der Waals surface area contributed by atoms with E-state index in [0.717, 1.165) is 36.6 Å². The maximum Gasteiger partial charge on any atom is 0.0994 e. The summed E-state index contributed by atoms with van der Waals surface area (Å²) >= 11 is 6.42. The average Bonchev–Trinajstić information content (AvgIpc) is 2.89. The Bertz CT molecular complexity index is 612. The van der Waals surface area contributed by atoms with Crippen molar-refractivity contribution in [1.29, 1.82) is 0 Å². The number of imidazole rings is 1. The summed E-state index contributed by atoms with van der Waals surface area (Å²) in [5.74, 6) is 0. The van der Waals surface area contributed by atoms with Crippen molar-refractivity contribution in [1.82, 2.24) is 14.9 Å². The maximum absolute atomic E-state index is 6.42. The molecule has 0 bridgehead atoms. The van der Waals surface area contributed by atoms with Crippen molar-refractivity contribution in [3.63, 3.8) is 0 Å². The molecule has 0 atom stereocenters. The van der Waals surface area contributed by atoms with E-state index in [2.05, 4.69) is 40.8 Å². The minimum atomic E-state index is 0.163. The van der Waals surface area contributed by atoms with Gasteiger partial charge in [-0.25, -0.2) is 4.98 Å². The fourth-order valence-electron chi connectivity index (χ4n) is 2.98. The second-order valence-corrected chi connectivity index (χ2v) is 6.32. The Labute approximate surface area is 125 Å². The number of nitrogens with zero attached hydrogens (tertiary/aromatic N) is 2. The lowest BCUT2D eigenvalue weighted by molar-refractivity contribution is 0.324. The molecule has 106 valence electrons. The normalized spacial score (nSPS) is 18.1. The van der Waals surface area contributed by atoms with Gasteiger partial charge in [-0.1, -0.05) is 24.6 Å². The molecule has 3 nitrogen and oxygen atoms in total. The monoisotopic (exact) mass is 289 g/mol. The predicted molar refractivity (Wildman–Crippen MR) is 82.8 cm³/mol. The SMILES string of the molecule is Cc1ccc(-n2cncc2C2(C)CCNCC2)c(Cl)c1. The number of nitrogens with one attached hydrogen (secondary N) is 1. The van der Waals surface area contributed by atoms with Crippen LogP contribution in [0.1, 0.15) is 31.0 Å². The molecule has 1 aliphatic rings. The number of benzene rings is 1. The third-order valence-corrected chi connectivity index (χ3v) is 4.63. The lowest BCUT2D eigenvalue weighted by atomic mass is 9.78. The van der Waals surface area contributed by atoms with Crippen LogP contribution in [0, 0.1) is 6.92 Å². The van der Waals surface area contributed by atoms with E-state index in [1.807, 2.05) is 18.6 Å². The highest BCUT2D eigenvalue weighted by Gasteiger charge is 2.32. The Kier molecular flexibility index (Phi) is 3.57. The molecule has 0 amide bonds. The maximum atomic E-state index is 6.42. The van der Waals surface area contributed by atoms with Crippen LogP contribution in [0.15, 0.2) is 30.7 Å². The topological polar surface area (TPSA) is 29.9 Å². The van der Waals surface area contributed by atoms with E-state index in [1.165, 1.54) is 11.3 Å². The molecule has 0 unspecified atom stereocenters. The van der Waals surface area contributed by atoms with Crippen LogP contribution in [0.25, 0.3) is 5.69 Å². The van der Waals surface area contributed by atoms with Crippen LogP contribution in [0.4, 0.5) is 0 Å². The summed E-state index contributed by atoms with van der Waals surface area (Å²) in [4.78, 5) is 4.37. The standard InChI is InChI=1S/C16H20ClN3/c1-12-3-4-14(13(17)9-12)20-11-19-10-15(20)16(2)5-7-18-8-6-16/h3-4,9-11,18H,5-8H2,1-2H3. The van der Waals surface area contributed by atoms with Crippen LogP contribution < -0.4 is 5.32 Å². The number of aromatic nitrogens is 2. The fraction of sp³-hybridized carbons (Fsp3) is 0.438. The minimum Gasteiger partial charge on any atom is -0.317 e. The van der Waals surface area contributed by atoms with E-state index in [1.54, 1.807) is 0 Å². The van der Waals surface area contributed by atoms with E-state index < -0.39 is 0 Å². The van der Waals surface area contributed by atoms with Crippen molar-refractivity contribution < 1.29 is 0 Å². The fourth-order valence-corrected chi connectivity index (χ4v) is 3.30. The molecule has 2 aromatic rings. The van der Waals surface area contributed by atoms with Gasteiger partial charge in [0.1, 0.15) is 0 Å². The highest BCUT2D eigenvalue weighted by molar-refractivity contribution is 6.32. The summed E-state index contributed by atoms with van der Waals surface area (Å²) in [6.45, 7) is 6.49. The molecule has 0 saturated carbocycles. The number of aryl methyl sites for hydroxylation is 1. The predicted octanol–water partition coefficient (Wildman–Crippen LogP) is 3.48. The van der Waals surface area contributed by atoms with Crippen LogP contribution in [-0.2, 0) is 5.41 Å². The Morgan fingerprint density at radius 3 is 2.75 bits per heavy atom. The first-order valence-corrected chi connectivity index (χ1v) is 7.48. The first kappa shape index (κ1) is 13.7. The summed E-state index contributed by atoms with van der Waals surface area (Å²) in [7, 11) is 0. The highest BCUT2D eigenvalue weighted by atomic mass is 35.5. The van der Waals surface area contributed by atoms with Gasteiger partial charge in [-0.3, -0.25) is 0 Å². The number of rotatable bonds is 2. The average molecular weight is 290 g/mol. The van der Waals surface area contributed by atoms with Gasteiger partial charge in [0.2, 0.25) is 0 Å². The largest absolute Gasteiger partial charge is 0.317 e. The lowest BCUT2D eigenvalue weighted by Crippen LogP contribution is -2.38. The molecule has 0 aliphatic carbocycles. The summed E-state index contributed by atoms with van der Waals surface area (Å²) in [6, 6.07) is 6.18. The van der Waals surface area contributed by atoms with Gasteiger partial charge in [0, 0.05) is 17.3 Å². The third kappa shape index (κ3) is 2.36. The van der Waals surface area contributed by atoms with Gasteiger partial charge in [0.25, 0.3) is 0 Å². The van der Waals surface area contributed by atoms with E-state index in [9.17, 15) is 0 Å². The van der Waals surface area contributed by atoms with E-state index in [0.29, 0.717) is 0 Å². The Morgan fingerprint density at radius 1 is 1.30 bits per heavy atom. The van der Waals surface area contributed by atoms with Gasteiger partial charge in [-0.05, 0) is 50.6 Å². The number of hydrogen-bond donors (Lipinski definition) is 1. The van der Waals surface area contributed by atoms with Crippen LogP contribution >= 0.6 is 11.6 Å². The van der Waals surface area contributed by atoms with Gasteiger partial charge in [0.15, 0.2) is 0 Å². The first-order chi connectivity index (χ1) is 9.60. The Hall–Kier alpha value is -1.32. The summed E-state index contributed by atoms with van der Waals surface area (Å²) in [5.41, 5.74) is 3.61. The van der Waals surface area contributed by atoms with Crippen LogP contribution in [0.2, 0.25) is 5.02 Å². The molecule has 4 heteroatoms. The van der Waals surface area contributed by atoms with Crippen molar-refractivity contribution in [3.8, 4) is 5.69 Å². The molecular formula is C16H20ClN3. The molecule has 1 N–H and O–H groups in total. The van der Waals surface area contributed by atoms with Crippen LogP contribution in [0.5, 0.6) is 0 Å².